The summed E-state index contributed by atoms with van der Waals surface area (Å²) >= 11 is 11.9. The average molecular weight is 365 g/mol. The second kappa shape index (κ2) is 7.17. The Morgan fingerprint density at radius 3 is 2.77 bits per heavy atom. The van der Waals surface area contributed by atoms with E-state index < -0.39 is 16.1 Å². The van der Waals surface area contributed by atoms with Crippen molar-refractivity contribution < 1.29 is 13.2 Å². The summed E-state index contributed by atoms with van der Waals surface area (Å²) in [7, 11) is -3.34. The molecule has 1 heterocycles. The highest BCUT2D eigenvalue weighted by molar-refractivity contribution is 7.89. The van der Waals surface area contributed by atoms with E-state index in [0.29, 0.717) is 29.4 Å². The Bertz CT molecular complexity index is 664. The molecule has 1 unspecified atom stereocenters. The number of nitrogens with one attached hydrogen (secondary N) is 1. The van der Waals surface area contributed by atoms with Crippen LogP contribution >= 0.6 is 23.2 Å². The minimum atomic E-state index is -3.34. The van der Waals surface area contributed by atoms with Gasteiger partial charge in [-0.2, -0.15) is 4.31 Å². The van der Waals surface area contributed by atoms with Crippen molar-refractivity contribution in [2.45, 2.75) is 32.4 Å². The lowest BCUT2D eigenvalue weighted by atomic mass is 10.1. The van der Waals surface area contributed by atoms with Gasteiger partial charge in [0.2, 0.25) is 15.9 Å². The normalized spacial score (nSPS) is 21.5. The van der Waals surface area contributed by atoms with Crippen LogP contribution in [0.5, 0.6) is 0 Å². The number of likely N-dealkylation sites (N-methyl/N-ethyl adjacent to an activating group) is 1. The molecule has 0 bridgehead atoms. The zero-order valence-electron chi connectivity index (χ0n) is 12.2. The van der Waals surface area contributed by atoms with E-state index in [4.69, 9.17) is 23.2 Å². The van der Waals surface area contributed by atoms with Gasteiger partial charge in [0.1, 0.15) is 6.04 Å². The van der Waals surface area contributed by atoms with Crippen LogP contribution in [0.4, 0.5) is 0 Å². The second-order valence-corrected chi connectivity index (χ2v) is 8.02. The Kier molecular flexibility index (Phi) is 5.71. The molecule has 1 aromatic rings. The summed E-state index contributed by atoms with van der Waals surface area (Å²) in [6, 6.07) is 4.39. The quantitative estimate of drug-likeness (QED) is 0.891. The summed E-state index contributed by atoms with van der Waals surface area (Å²) in [4.78, 5) is 12.3. The van der Waals surface area contributed by atoms with Gasteiger partial charge in [0.15, 0.2) is 0 Å². The van der Waals surface area contributed by atoms with Gasteiger partial charge in [-0.1, -0.05) is 36.2 Å². The Labute approximate surface area is 140 Å². The first kappa shape index (κ1) is 17.5. The Morgan fingerprint density at radius 1 is 1.41 bits per heavy atom. The first-order valence-electron chi connectivity index (χ1n) is 7.06. The highest BCUT2D eigenvalue weighted by atomic mass is 35.5. The summed E-state index contributed by atoms with van der Waals surface area (Å²) in [5.74, 6) is -0.190. The maximum atomic E-state index is 12.3. The molecule has 1 aliphatic heterocycles. The van der Waals surface area contributed by atoms with Gasteiger partial charge in [-0.3, -0.25) is 4.79 Å². The monoisotopic (exact) mass is 364 g/mol. The molecule has 0 spiro atoms. The number of benzene rings is 1. The first-order valence-corrected chi connectivity index (χ1v) is 9.43. The highest BCUT2D eigenvalue weighted by Crippen LogP contribution is 2.22. The number of rotatable bonds is 4. The maximum absolute atomic E-state index is 12.3. The maximum Gasteiger partial charge on any atom is 0.238 e. The average Bonchev–Trinajstić information content (AvgIpc) is 2.44. The van der Waals surface area contributed by atoms with Gasteiger partial charge in [0.25, 0.3) is 0 Å². The van der Waals surface area contributed by atoms with Crippen LogP contribution < -0.4 is 5.32 Å². The predicted octanol–water partition coefficient (Wildman–Crippen LogP) is 2.42. The number of carbonyl (C=O) groups is 1. The van der Waals surface area contributed by atoms with Crippen molar-refractivity contribution in [3.8, 4) is 0 Å². The van der Waals surface area contributed by atoms with E-state index in [0.717, 1.165) is 5.56 Å². The fourth-order valence-corrected chi connectivity index (χ4v) is 4.78. The van der Waals surface area contributed by atoms with Gasteiger partial charge in [0.05, 0.1) is 5.75 Å². The summed E-state index contributed by atoms with van der Waals surface area (Å²) in [6.07, 6.45) is 1.03. The van der Waals surface area contributed by atoms with Crippen molar-refractivity contribution in [3.05, 3.63) is 33.8 Å². The molecule has 1 amide bonds. The number of sulfonamides is 1. The first-order chi connectivity index (χ1) is 10.3. The van der Waals surface area contributed by atoms with Gasteiger partial charge in [-0.15, -0.1) is 0 Å². The van der Waals surface area contributed by atoms with E-state index in [1.165, 1.54) is 4.31 Å². The minimum absolute atomic E-state index is 0.105. The fraction of sp³-hybridized carbons (Fsp3) is 0.500. The predicted molar refractivity (Wildman–Crippen MR) is 87.5 cm³/mol. The molecular weight excluding hydrogens is 347 g/mol. The van der Waals surface area contributed by atoms with E-state index >= 15 is 0 Å². The summed E-state index contributed by atoms with van der Waals surface area (Å²) in [6.45, 7) is 2.27. The van der Waals surface area contributed by atoms with Crippen LogP contribution in [-0.4, -0.2) is 37.0 Å². The number of amides is 1. The molecule has 0 radical (unpaired) electrons. The van der Waals surface area contributed by atoms with Crippen molar-refractivity contribution in [2.75, 3.05) is 12.3 Å². The molecule has 122 valence electrons. The molecule has 0 saturated carbocycles. The van der Waals surface area contributed by atoms with E-state index in [9.17, 15) is 13.2 Å². The Hall–Kier alpha value is -0.820. The van der Waals surface area contributed by atoms with E-state index in [-0.39, 0.29) is 18.2 Å². The third-order valence-corrected chi connectivity index (χ3v) is 6.29. The third-order valence-electron chi connectivity index (χ3n) is 3.67. The lowest BCUT2D eigenvalue weighted by Crippen LogP contribution is -2.52. The topological polar surface area (TPSA) is 66.5 Å². The molecule has 1 aliphatic rings. The van der Waals surface area contributed by atoms with Crippen molar-refractivity contribution in [2.24, 2.45) is 0 Å². The molecule has 5 nitrogen and oxygen atoms in total. The van der Waals surface area contributed by atoms with Crippen LogP contribution in [-0.2, 0) is 21.4 Å². The number of hydrogen-bond acceptors (Lipinski definition) is 3. The highest BCUT2D eigenvalue weighted by Gasteiger charge is 2.36. The van der Waals surface area contributed by atoms with Gasteiger partial charge >= 0.3 is 0 Å². The minimum Gasteiger partial charge on any atom is -0.351 e. The lowest BCUT2D eigenvalue weighted by Gasteiger charge is -2.32. The van der Waals surface area contributed by atoms with E-state index in [1.807, 2.05) is 0 Å². The molecular formula is C14H18Cl2N2O3S. The number of halogens is 2. The molecule has 1 aromatic carbocycles. The SMILES string of the molecule is CCN1C(C(=O)NCc2ccc(Cl)cc2Cl)CCCS1(=O)=O. The third kappa shape index (κ3) is 3.93. The largest absolute Gasteiger partial charge is 0.351 e. The van der Waals surface area contributed by atoms with Crippen LogP contribution in [0.2, 0.25) is 10.0 Å². The lowest BCUT2D eigenvalue weighted by molar-refractivity contribution is -0.125. The number of carbonyl (C=O) groups excluding carboxylic acids is 1. The number of nitrogens with zero attached hydrogens (tertiary/aromatic N) is 1. The van der Waals surface area contributed by atoms with Crippen LogP contribution in [0.25, 0.3) is 0 Å². The molecule has 22 heavy (non-hydrogen) atoms. The van der Waals surface area contributed by atoms with Gasteiger partial charge < -0.3 is 5.32 Å². The van der Waals surface area contributed by atoms with Crippen molar-refractivity contribution in [3.63, 3.8) is 0 Å². The van der Waals surface area contributed by atoms with Gasteiger partial charge in [0, 0.05) is 23.1 Å². The standard InChI is InChI=1S/C14H18Cl2N2O3S/c1-2-18-13(4-3-7-22(18,20)21)14(19)17-9-10-5-6-11(15)8-12(10)16/h5-6,8,13H,2-4,7,9H2,1H3,(H,17,19). The van der Waals surface area contributed by atoms with Gasteiger partial charge in [-0.25, -0.2) is 8.42 Å². The van der Waals surface area contributed by atoms with Gasteiger partial charge in [-0.05, 0) is 30.5 Å². The zero-order chi connectivity index (χ0) is 16.3. The van der Waals surface area contributed by atoms with Crippen molar-refractivity contribution in [1.29, 1.82) is 0 Å². The molecule has 0 aromatic heterocycles. The molecule has 1 N–H and O–H groups in total. The van der Waals surface area contributed by atoms with Crippen LogP contribution in [0.3, 0.4) is 0 Å². The molecule has 1 fully saturated rings. The summed E-state index contributed by atoms with van der Waals surface area (Å²) in [5.41, 5.74) is 0.737. The molecule has 1 saturated heterocycles. The smallest absolute Gasteiger partial charge is 0.238 e. The van der Waals surface area contributed by atoms with Crippen LogP contribution in [0, 0.1) is 0 Å². The molecule has 0 aliphatic carbocycles. The molecule has 1 atom stereocenters. The van der Waals surface area contributed by atoms with E-state index in [1.54, 1.807) is 25.1 Å². The van der Waals surface area contributed by atoms with Crippen LogP contribution in [0.15, 0.2) is 18.2 Å². The fourth-order valence-electron chi connectivity index (χ4n) is 2.56. The molecule has 2 rings (SSSR count). The van der Waals surface area contributed by atoms with Crippen molar-refractivity contribution >= 4 is 39.1 Å². The van der Waals surface area contributed by atoms with Crippen molar-refractivity contribution in [1.82, 2.24) is 9.62 Å². The Balaban J connectivity index is 2.05. The summed E-state index contributed by atoms with van der Waals surface area (Å²) in [5, 5.41) is 3.75. The molecule has 8 heteroatoms. The zero-order valence-corrected chi connectivity index (χ0v) is 14.5. The second-order valence-electron chi connectivity index (χ2n) is 5.13. The van der Waals surface area contributed by atoms with Crippen LogP contribution in [0.1, 0.15) is 25.3 Å². The summed E-state index contributed by atoms with van der Waals surface area (Å²) < 4.78 is 25.3. The van der Waals surface area contributed by atoms with E-state index in [2.05, 4.69) is 5.32 Å². The Morgan fingerprint density at radius 2 is 2.14 bits per heavy atom. The number of hydrogen-bond donors (Lipinski definition) is 1.